The Labute approximate surface area is 116 Å². The summed E-state index contributed by atoms with van der Waals surface area (Å²) < 4.78 is 27.7. The van der Waals surface area contributed by atoms with Crippen molar-refractivity contribution in [1.82, 2.24) is 4.98 Å². The summed E-state index contributed by atoms with van der Waals surface area (Å²) in [6.07, 6.45) is 0. The minimum Gasteiger partial charge on any atom is -0.316 e. The highest BCUT2D eigenvalue weighted by molar-refractivity contribution is 9.10. The molecule has 2 rings (SSSR count). The fourth-order valence-corrected chi connectivity index (χ4v) is 1.83. The van der Waals surface area contributed by atoms with E-state index < -0.39 is 23.2 Å². The third-order valence-electron chi connectivity index (χ3n) is 2.47. The molecular weight excluding hydrogens is 318 g/mol. The number of hydrogen-bond acceptors (Lipinski definition) is 2. The van der Waals surface area contributed by atoms with Gasteiger partial charge < -0.3 is 5.32 Å². The number of aromatic nitrogens is 1. The van der Waals surface area contributed by atoms with Crippen molar-refractivity contribution in [2.75, 3.05) is 5.32 Å². The summed E-state index contributed by atoms with van der Waals surface area (Å²) in [5.41, 5.74) is -0.152. The van der Waals surface area contributed by atoms with Crippen molar-refractivity contribution in [2.45, 2.75) is 6.92 Å². The van der Waals surface area contributed by atoms with Gasteiger partial charge in [0, 0.05) is 0 Å². The highest BCUT2D eigenvalue weighted by Gasteiger charge is 2.16. The van der Waals surface area contributed by atoms with Crippen LogP contribution in [0.2, 0.25) is 0 Å². The van der Waals surface area contributed by atoms with Gasteiger partial charge in [-0.15, -0.1) is 0 Å². The Morgan fingerprint density at radius 1 is 1.26 bits per heavy atom. The van der Waals surface area contributed by atoms with E-state index in [1.54, 1.807) is 12.1 Å². The summed E-state index contributed by atoms with van der Waals surface area (Å²) in [7, 11) is 0. The number of carbonyl (C=O) groups excluding carboxylic acids is 1. The van der Waals surface area contributed by atoms with Crippen LogP contribution < -0.4 is 5.32 Å². The molecule has 98 valence electrons. The molecule has 0 atom stereocenters. The zero-order valence-electron chi connectivity index (χ0n) is 9.88. The summed E-state index contributed by atoms with van der Waals surface area (Å²) in [6, 6.07) is 7.10. The van der Waals surface area contributed by atoms with Gasteiger partial charge in [-0.25, -0.2) is 13.8 Å². The molecule has 1 N–H and O–H groups in total. The lowest BCUT2D eigenvalue weighted by Crippen LogP contribution is -2.16. The minimum atomic E-state index is -0.827. The molecule has 1 heterocycles. The second-order valence-electron chi connectivity index (χ2n) is 3.85. The lowest BCUT2D eigenvalue weighted by molar-refractivity contribution is 0.102. The van der Waals surface area contributed by atoms with Gasteiger partial charge in [0.2, 0.25) is 0 Å². The monoisotopic (exact) mass is 326 g/mol. The standard InChI is InChI=1S/C13H9BrF2N2O/c1-7-5-6-8(15)12(11(7)16)18-13(19)9-3-2-4-10(14)17-9/h2-6H,1H3,(H,18,19). The number of hydrogen-bond donors (Lipinski definition) is 1. The van der Waals surface area contributed by atoms with E-state index in [0.717, 1.165) is 6.07 Å². The summed E-state index contributed by atoms with van der Waals surface area (Å²) in [5.74, 6) is -2.29. The van der Waals surface area contributed by atoms with Gasteiger partial charge in [0.25, 0.3) is 5.91 Å². The maximum absolute atomic E-state index is 13.7. The number of halogens is 3. The normalized spacial score (nSPS) is 10.3. The molecule has 0 aliphatic carbocycles. The average molecular weight is 327 g/mol. The third kappa shape index (κ3) is 2.96. The highest BCUT2D eigenvalue weighted by atomic mass is 79.9. The molecule has 0 unspecified atom stereocenters. The lowest BCUT2D eigenvalue weighted by atomic mass is 10.2. The molecule has 0 saturated carbocycles. The van der Waals surface area contributed by atoms with Gasteiger partial charge in [-0.05, 0) is 46.6 Å². The summed E-state index contributed by atoms with van der Waals surface area (Å²) in [4.78, 5) is 15.8. The number of pyridine rings is 1. The molecule has 0 bridgehead atoms. The number of nitrogens with one attached hydrogen (secondary N) is 1. The number of rotatable bonds is 2. The Balaban J connectivity index is 2.32. The van der Waals surface area contributed by atoms with Crippen molar-refractivity contribution in [1.29, 1.82) is 0 Å². The maximum Gasteiger partial charge on any atom is 0.274 e. The Morgan fingerprint density at radius 2 is 2.00 bits per heavy atom. The van der Waals surface area contributed by atoms with Crippen molar-refractivity contribution in [2.24, 2.45) is 0 Å². The molecule has 0 aliphatic rings. The van der Waals surface area contributed by atoms with E-state index in [-0.39, 0.29) is 11.3 Å². The second kappa shape index (κ2) is 5.44. The molecule has 6 heteroatoms. The fraction of sp³-hybridized carbons (Fsp3) is 0.0769. The van der Waals surface area contributed by atoms with Crippen LogP contribution in [0.25, 0.3) is 0 Å². The van der Waals surface area contributed by atoms with Crippen molar-refractivity contribution in [3.8, 4) is 0 Å². The van der Waals surface area contributed by atoms with Gasteiger partial charge in [0.1, 0.15) is 21.8 Å². The minimum absolute atomic E-state index is 0.0645. The zero-order chi connectivity index (χ0) is 14.0. The van der Waals surface area contributed by atoms with E-state index in [0.29, 0.717) is 4.60 Å². The van der Waals surface area contributed by atoms with E-state index in [2.05, 4.69) is 26.2 Å². The smallest absolute Gasteiger partial charge is 0.274 e. The molecule has 0 fully saturated rings. The SMILES string of the molecule is Cc1ccc(F)c(NC(=O)c2cccc(Br)n2)c1F. The first-order valence-electron chi connectivity index (χ1n) is 5.37. The Morgan fingerprint density at radius 3 is 2.68 bits per heavy atom. The Hall–Kier alpha value is -1.82. The summed E-state index contributed by atoms with van der Waals surface area (Å²) >= 11 is 3.12. The zero-order valence-corrected chi connectivity index (χ0v) is 11.5. The molecule has 19 heavy (non-hydrogen) atoms. The first-order chi connectivity index (χ1) is 8.99. The van der Waals surface area contributed by atoms with Crippen LogP contribution in [-0.4, -0.2) is 10.9 Å². The van der Waals surface area contributed by atoms with Gasteiger partial charge in [-0.3, -0.25) is 4.79 Å². The topological polar surface area (TPSA) is 42.0 Å². The molecule has 0 spiro atoms. The van der Waals surface area contributed by atoms with E-state index >= 15 is 0 Å². The van der Waals surface area contributed by atoms with Crippen LogP contribution in [0.1, 0.15) is 16.1 Å². The quantitative estimate of drug-likeness (QED) is 0.855. The third-order valence-corrected chi connectivity index (χ3v) is 2.91. The van der Waals surface area contributed by atoms with Gasteiger partial charge >= 0.3 is 0 Å². The van der Waals surface area contributed by atoms with Gasteiger partial charge in [-0.1, -0.05) is 12.1 Å². The fourth-order valence-electron chi connectivity index (χ4n) is 1.48. The largest absolute Gasteiger partial charge is 0.316 e. The Kier molecular flexibility index (Phi) is 3.90. The Bertz CT molecular complexity index is 647. The molecule has 0 saturated heterocycles. The number of aryl methyl sites for hydroxylation is 1. The predicted molar refractivity (Wildman–Crippen MR) is 71.0 cm³/mol. The lowest BCUT2D eigenvalue weighted by Gasteiger charge is -2.09. The van der Waals surface area contributed by atoms with Crippen molar-refractivity contribution in [3.05, 3.63) is 57.8 Å². The number of carbonyl (C=O) groups is 1. The van der Waals surface area contributed by atoms with Gasteiger partial charge in [0.05, 0.1) is 0 Å². The highest BCUT2D eigenvalue weighted by Crippen LogP contribution is 2.22. The number of anilines is 1. The van der Waals surface area contributed by atoms with Gasteiger partial charge in [0.15, 0.2) is 5.82 Å². The molecular formula is C13H9BrF2N2O. The van der Waals surface area contributed by atoms with E-state index in [9.17, 15) is 13.6 Å². The van der Waals surface area contributed by atoms with E-state index in [1.165, 1.54) is 19.1 Å². The molecule has 1 aromatic heterocycles. The van der Waals surface area contributed by atoms with Gasteiger partial charge in [-0.2, -0.15) is 0 Å². The number of benzene rings is 1. The predicted octanol–water partition coefficient (Wildman–Crippen LogP) is 3.68. The first kappa shape index (κ1) is 13.6. The molecule has 2 aromatic rings. The molecule has 0 radical (unpaired) electrons. The molecule has 1 aromatic carbocycles. The second-order valence-corrected chi connectivity index (χ2v) is 4.67. The van der Waals surface area contributed by atoms with Crippen molar-refractivity contribution < 1.29 is 13.6 Å². The summed E-state index contributed by atoms with van der Waals surface area (Å²) in [6.45, 7) is 1.49. The van der Waals surface area contributed by atoms with Crippen LogP contribution in [0.3, 0.4) is 0 Å². The van der Waals surface area contributed by atoms with Crippen LogP contribution in [0.5, 0.6) is 0 Å². The average Bonchev–Trinajstić information content (AvgIpc) is 2.39. The van der Waals surface area contributed by atoms with Crippen LogP contribution in [-0.2, 0) is 0 Å². The van der Waals surface area contributed by atoms with Crippen molar-refractivity contribution in [3.63, 3.8) is 0 Å². The van der Waals surface area contributed by atoms with Crippen LogP contribution >= 0.6 is 15.9 Å². The van der Waals surface area contributed by atoms with Crippen LogP contribution in [0.15, 0.2) is 34.9 Å². The molecule has 0 aliphatic heterocycles. The van der Waals surface area contributed by atoms with Crippen LogP contribution in [0.4, 0.5) is 14.5 Å². The molecule has 3 nitrogen and oxygen atoms in total. The first-order valence-corrected chi connectivity index (χ1v) is 6.17. The van der Waals surface area contributed by atoms with Crippen molar-refractivity contribution >= 4 is 27.5 Å². The molecule has 1 amide bonds. The van der Waals surface area contributed by atoms with E-state index in [1.807, 2.05) is 0 Å². The van der Waals surface area contributed by atoms with Crippen LogP contribution in [0, 0.1) is 18.6 Å². The summed E-state index contributed by atoms with van der Waals surface area (Å²) in [5, 5.41) is 2.19. The number of nitrogens with zero attached hydrogens (tertiary/aromatic N) is 1. The van der Waals surface area contributed by atoms with E-state index in [4.69, 9.17) is 0 Å². The maximum atomic E-state index is 13.7. The number of amides is 1.